The number of amides is 2. The lowest BCUT2D eigenvalue weighted by Gasteiger charge is -2.14. The van der Waals surface area contributed by atoms with Gasteiger partial charge in [0.2, 0.25) is 10.0 Å². The summed E-state index contributed by atoms with van der Waals surface area (Å²) >= 11 is 3.30. The molecular weight excluding hydrogens is 440 g/mol. The van der Waals surface area contributed by atoms with E-state index in [4.69, 9.17) is 0 Å². The Kier molecular flexibility index (Phi) is 6.75. The predicted octanol–water partition coefficient (Wildman–Crippen LogP) is 4.15. The van der Waals surface area contributed by atoms with Gasteiger partial charge in [-0.1, -0.05) is 19.1 Å². The predicted molar refractivity (Wildman–Crippen MR) is 108 cm³/mol. The molecule has 0 aliphatic carbocycles. The number of nitro groups is 1. The smallest absolute Gasteiger partial charge is 0.307 e. The Morgan fingerprint density at radius 3 is 2.41 bits per heavy atom. The Bertz CT molecular complexity index is 965. The Morgan fingerprint density at radius 2 is 1.78 bits per heavy atom. The van der Waals surface area contributed by atoms with Gasteiger partial charge in [-0.05, 0) is 40.5 Å². The summed E-state index contributed by atoms with van der Waals surface area (Å²) in [5.41, 5.74) is 0.204. The highest BCUT2D eigenvalue weighted by molar-refractivity contribution is 9.10. The molecule has 144 valence electrons. The van der Waals surface area contributed by atoms with E-state index in [2.05, 4.69) is 31.3 Å². The van der Waals surface area contributed by atoms with Crippen LogP contribution in [0.4, 0.5) is 27.5 Å². The van der Waals surface area contributed by atoms with Gasteiger partial charge in [-0.3, -0.25) is 14.8 Å². The zero-order valence-corrected chi connectivity index (χ0v) is 16.6. The zero-order chi connectivity index (χ0) is 20.0. The number of nitrogens with zero attached hydrogens (tertiary/aromatic N) is 1. The Morgan fingerprint density at radius 1 is 1.11 bits per heavy atom. The SMILES string of the molecule is CCCS(=O)(=O)Nc1cc([N+](=O)[O-])ccc1NC(=O)Nc1ccccc1Br. The molecule has 0 bridgehead atoms. The van der Waals surface area contributed by atoms with Gasteiger partial charge in [-0.25, -0.2) is 13.2 Å². The van der Waals surface area contributed by atoms with E-state index in [0.29, 0.717) is 16.6 Å². The standard InChI is InChI=1S/C16H17BrN4O5S/c1-2-9-27(25,26)20-15-10-11(21(23)24)7-8-14(15)19-16(22)18-13-6-4-3-5-12(13)17/h3-8,10,20H,2,9H2,1H3,(H2,18,19,22). The van der Waals surface area contributed by atoms with Crippen LogP contribution in [0.3, 0.4) is 0 Å². The van der Waals surface area contributed by atoms with Crippen LogP contribution in [0, 0.1) is 10.1 Å². The van der Waals surface area contributed by atoms with Crippen LogP contribution in [-0.2, 0) is 10.0 Å². The van der Waals surface area contributed by atoms with Crippen LogP contribution >= 0.6 is 15.9 Å². The molecule has 2 aromatic carbocycles. The molecule has 2 amide bonds. The molecule has 0 radical (unpaired) electrons. The number of benzene rings is 2. The van der Waals surface area contributed by atoms with Crippen molar-refractivity contribution in [1.29, 1.82) is 0 Å². The lowest BCUT2D eigenvalue weighted by atomic mass is 10.2. The monoisotopic (exact) mass is 456 g/mol. The number of hydrogen-bond acceptors (Lipinski definition) is 5. The molecule has 9 nitrogen and oxygen atoms in total. The van der Waals surface area contributed by atoms with E-state index in [-0.39, 0.29) is 22.8 Å². The largest absolute Gasteiger partial charge is 0.323 e. The number of carbonyl (C=O) groups is 1. The average molecular weight is 457 g/mol. The number of nitrogens with one attached hydrogen (secondary N) is 3. The molecule has 0 spiro atoms. The summed E-state index contributed by atoms with van der Waals surface area (Å²) in [6.45, 7) is 1.69. The summed E-state index contributed by atoms with van der Waals surface area (Å²) in [7, 11) is -3.70. The number of carbonyl (C=O) groups excluding carboxylic acids is 1. The first-order valence-electron chi connectivity index (χ1n) is 7.83. The van der Waals surface area contributed by atoms with E-state index >= 15 is 0 Å². The lowest BCUT2D eigenvalue weighted by molar-refractivity contribution is -0.384. The van der Waals surface area contributed by atoms with E-state index in [1.165, 1.54) is 12.1 Å². The van der Waals surface area contributed by atoms with Crippen molar-refractivity contribution in [1.82, 2.24) is 0 Å². The molecule has 2 rings (SSSR count). The molecule has 0 aliphatic rings. The molecule has 0 aromatic heterocycles. The van der Waals surface area contributed by atoms with Crippen molar-refractivity contribution in [2.45, 2.75) is 13.3 Å². The van der Waals surface area contributed by atoms with E-state index in [1.807, 2.05) is 0 Å². The number of para-hydroxylation sites is 1. The number of sulfonamides is 1. The van der Waals surface area contributed by atoms with Crippen LogP contribution in [0.15, 0.2) is 46.9 Å². The van der Waals surface area contributed by atoms with Gasteiger partial charge >= 0.3 is 6.03 Å². The second-order valence-corrected chi connectivity index (χ2v) is 8.16. The molecule has 0 aliphatic heterocycles. The van der Waals surface area contributed by atoms with Crippen molar-refractivity contribution in [2.24, 2.45) is 0 Å². The summed E-state index contributed by atoms with van der Waals surface area (Å²) in [6, 6.07) is 9.79. The molecule has 0 saturated carbocycles. The highest BCUT2D eigenvalue weighted by Gasteiger charge is 2.17. The third-order valence-electron chi connectivity index (χ3n) is 3.32. The van der Waals surface area contributed by atoms with Gasteiger partial charge in [-0.15, -0.1) is 0 Å². The fraction of sp³-hybridized carbons (Fsp3) is 0.188. The van der Waals surface area contributed by atoms with Crippen molar-refractivity contribution in [3.63, 3.8) is 0 Å². The second-order valence-electron chi connectivity index (χ2n) is 5.47. The van der Waals surface area contributed by atoms with E-state index in [0.717, 1.165) is 6.07 Å². The summed E-state index contributed by atoms with van der Waals surface area (Å²) < 4.78 is 27.0. The molecule has 0 fully saturated rings. The van der Waals surface area contributed by atoms with Gasteiger partial charge in [0, 0.05) is 16.6 Å². The van der Waals surface area contributed by atoms with Crippen molar-refractivity contribution in [3.05, 3.63) is 57.1 Å². The number of non-ortho nitro benzene ring substituents is 1. The third-order valence-corrected chi connectivity index (χ3v) is 5.49. The maximum Gasteiger partial charge on any atom is 0.323 e. The molecule has 27 heavy (non-hydrogen) atoms. The van der Waals surface area contributed by atoms with Crippen LogP contribution in [0.25, 0.3) is 0 Å². The summed E-state index contributed by atoms with van der Waals surface area (Å²) in [6.07, 6.45) is 0.371. The fourth-order valence-electron chi connectivity index (χ4n) is 2.16. The molecule has 3 N–H and O–H groups in total. The number of rotatable bonds is 7. The molecule has 0 saturated heterocycles. The van der Waals surface area contributed by atoms with Gasteiger partial charge in [0.25, 0.3) is 5.69 Å². The third kappa shape index (κ3) is 5.93. The normalized spacial score (nSPS) is 10.9. The average Bonchev–Trinajstić information content (AvgIpc) is 2.58. The lowest BCUT2D eigenvalue weighted by Crippen LogP contribution is -2.22. The van der Waals surface area contributed by atoms with E-state index < -0.39 is 21.0 Å². The van der Waals surface area contributed by atoms with Crippen molar-refractivity contribution >= 4 is 54.7 Å². The van der Waals surface area contributed by atoms with Crippen LogP contribution in [-0.4, -0.2) is 25.1 Å². The van der Waals surface area contributed by atoms with Crippen LogP contribution in [0.1, 0.15) is 13.3 Å². The van der Waals surface area contributed by atoms with Crippen LogP contribution < -0.4 is 15.4 Å². The Hall–Kier alpha value is -2.66. The number of halogens is 1. The minimum atomic E-state index is -3.70. The molecule has 0 atom stereocenters. The summed E-state index contributed by atoms with van der Waals surface area (Å²) in [4.78, 5) is 22.6. The topological polar surface area (TPSA) is 130 Å². The van der Waals surface area contributed by atoms with Gasteiger partial charge < -0.3 is 10.6 Å². The van der Waals surface area contributed by atoms with E-state index in [1.54, 1.807) is 31.2 Å². The summed E-state index contributed by atoms with van der Waals surface area (Å²) in [5.74, 6) is -0.154. The first-order chi connectivity index (χ1) is 12.7. The summed E-state index contributed by atoms with van der Waals surface area (Å²) in [5, 5.41) is 16.1. The van der Waals surface area contributed by atoms with Crippen molar-refractivity contribution in [2.75, 3.05) is 21.1 Å². The van der Waals surface area contributed by atoms with Gasteiger partial charge in [0.15, 0.2) is 0 Å². The molecule has 0 unspecified atom stereocenters. The highest BCUT2D eigenvalue weighted by Crippen LogP contribution is 2.29. The minimum absolute atomic E-state index is 0.0834. The number of nitro benzene ring substituents is 1. The van der Waals surface area contributed by atoms with Crippen molar-refractivity contribution < 1.29 is 18.1 Å². The second kappa shape index (κ2) is 8.82. The van der Waals surface area contributed by atoms with Gasteiger partial charge in [-0.2, -0.15) is 0 Å². The van der Waals surface area contributed by atoms with Crippen LogP contribution in [0.5, 0.6) is 0 Å². The van der Waals surface area contributed by atoms with E-state index in [9.17, 15) is 23.3 Å². The van der Waals surface area contributed by atoms with Gasteiger partial charge in [0.1, 0.15) is 0 Å². The Labute approximate surface area is 164 Å². The van der Waals surface area contributed by atoms with Crippen molar-refractivity contribution in [3.8, 4) is 0 Å². The zero-order valence-electron chi connectivity index (χ0n) is 14.2. The van der Waals surface area contributed by atoms with Gasteiger partial charge in [0.05, 0.1) is 27.7 Å². The molecule has 0 heterocycles. The first kappa shape index (κ1) is 20.6. The number of anilines is 3. The minimum Gasteiger partial charge on any atom is -0.307 e. The quantitative estimate of drug-likeness (QED) is 0.425. The molecule has 2 aromatic rings. The van der Waals surface area contributed by atoms with Crippen LogP contribution in [0.2, 0.25) is 0 Å². The first-order valence-corrected chi connectivity index (χ1v) is 10.3. The fourth-order valence-corrected chi connectivity index (χ4v) is 3.69. The molecule has 11 heteroatoms. The number of hydrogen-bond donors (Lipinski definition) is 3. The molecular formula is C16H17BrN4O5S. The number of urea groups is 1. The maximum absolute atomic E-state index is 12.2. The maximum atomic E-state index is 12.2. The highest BCUT2D eigenvalue weighted by atomic mass is 79.9. The Balaban J connectivity index is 2.28.